The summed E-state index contributed by atoms with van der Waals surface area (Å²) in [5.41, 5.74) is 2.06. The van der Waals surface area contributed by atoms with Gasteiger partial charge in [-0.25, -0.2) is 0 Å². The molecule has 1 N–H and O–H groups in total. The molecule has 1 atom stereocenters. The molecule has 24 heavy (non-hydrogen) atoms. The lowest BCUT2D eigenvalue weighted by atomic mass is 10.1. The van der Waals surface area contributed by atoms with Crippen LogP contribution in [0.15, 0.2) is 54.7 Å². The second-order valence-electron chi connectivity index (χ2n) is 5.51. The molecular weight excluding hydrogens is 326 g/mol. The molecule has 122 valence electrons. The van der Waals surface area contributed by atoms with E-state index in [1.165, 1.54) is 0 Å². The zero-order valence-electron chi connectivity index (χ0n) is 13.1. The summed E-state index contributed by atoms with van der Waals surface area (Å²) in [5, 5.41) is 1.32. The number of rotatable bonds is 5. The van der Waals surface area contributed by atoms with Gasteiger partial charge in [-0.15, -0.1) is 0 Å². The summed E-state index contributed by atoms with van der Waals surface area (Å²) in [6.45, 7) is 1.58. The molecule has 0 aliphatic rings. The van der Waals surface area contributed by atoms with Crippen LogP contribution in [-0.4, -0.2) is 22.8 Å². The minimum absolute atomic E-state index is 0.0329. The zero-order chi connectivity index (χ0) is 17.1. The lowest BCUT2D eigenvalue weighted by Crippen LogP contribution is -2.25. The molecule has 2 aromatic carbocycles. The average Bonchev–Trinajstić information content (AvgIpc) is 3.00. The smallest absolute Gasteiger partial charge is 0.311 e. The molecule has 3 rings (SSSR count). The first-order chi connectivity index (χ1) is 11.6. The number of carbonyl (C=O) groups is 2. The molecule has 5 heteroatoms. The van der Waals surface area contributed by atoms with Gasteiger partial charge in [0, 0.05) is 27.7 Å². The van der Waals surface area contributed by atoms with Crippen LogP contribution >= 0.6 is 11.6 Å². The summed E-state index contributed by atoms with van der Waals surface area (Å²) in [6.07, 6.45) is 0.815. The molecular formula is C19H16ClNO3. The maximum Gasteiger partial charge on any atom is 0.311 e. The number of aromatic nitrogens is 1. The molecule has 0 saturated heterocycles. The number of hydrogen-bond acceptors (Lipinski definition) is 3. The van der Waals surface area contributed by atoms with E-state index in [2.05, 4.69) is 4.98 Å². The van der Waals surface area contributed by atoms with Crippen LogP contribution in [0.2, 0.25) is 5.02 Å². The third-order valence-electron chi connectivity index (χ3n) is 3.82. The van der Waals surface area contributed by atoms with E-state index in [1.54, 1.807) is 37.4 Å². The highest BCUT2D eigenvalue weighted by molar-refractivity contribution is 6.31. The molecule has 0 radical (unpaired) electrons. The van der Waals surface area contributed by atoms with E-state index in [4.69, 9.17) is 16.3 Å². The number of fused-ring (bicyclic) bond motifs is 1. The number of ketones is 1. The van der Waals surface area contributed by atoms with E-state index in [9.17, 15) is 9.59 Å². The van der Waals surface area contributed by atoms with Gasteiger partial charge in [0.1, 0.15) is 0 Å². The highest BCUT2D eigenvalue weighted by Crippen LogP contribution is 2.20. The van der Waals surface area contributed by atoms with Crippen molar-refractivity contribution < 1.29 is 14.3 Å². The van der Waals surface area contributed by atoms with E-state index >= 15 is 0 Å². The molecule has 1 heterocycles. The standard InChI is InChI=1S/C19H16ClNO3/c1-12(24-18(22)10-13-6-2-4-8-16(13)20)19(23)15-11-21-17-9-5-3-7-14(15)17/h2-9,11-12,21H,10H2,1H3. The Hall–Kier alpha value is -2.59. The fraction of sp³-hybridized carbons (Fsp3) is 0.158. The van der Waals surface area contributed by atoms with Gasteiger partial charge in [-0.05, 0) is 24.6 Å². The van der Waals surface area contributed by atoms with Crippen LogP contribution in [-0.2, 0) is 16.0 Å². The maximum atomic E-state index is 12.6. The lowest BCUT2D eigenvalue weighted by molar-refractivity contribution is -0.145. The minimum atomic E-state index is -0.862. The molecule has 0 saturated carbocycles. The number of para-hydroxylation sites is 1. The maximum absolute atomic E-state index is 12.6. The van der Waals surface area contributed by atoms with Gasteiger partial charge in [0.05, 0.1) is 6.42 Å². The Morgan fingerprint density at radius 1 is 1.12 bits per heavy atom. The number of ether oxygens (including phenoxy) is 1. The molecule has 0 fully saturated rings. The predicted molar refractivity (Wildman–Crippen MR) is 93.3 cm³/mol. The van der Waals surface area contributed by atoms with E-state index in [-0.39, 0.29) is 12.2 Å². The van der Waals surface area contributed by atoms with Gasteiger partial charge in [-0.3, -0.25) is 9.59 Å². The van der Waals surface area contributed by atoms with Gasteiger partial charge < -0.3 is 9.72 Å². The largest absolute Gasteiger partial charge is 0.454 e. The molecule has 0 bridgehead atoms. The van der Waals surface area contributed by atoms with E-state index in [1.807, 2.05) is 24.3 Å². The van der Waals surface area contributed by atoms with E-state index in [0.717, 1.165) is 10.9 Å². The minimum Gasteiger partial charge on any atom is -0.454 e. The quantitative estimate of drug-likeness (QED) is 0.559. The molecule has 0 amide bonds. The molecule has 0 aliphatic heterocycles. The number of H-pyrrole nitrogens is 1. The number of halogens is 1. The Kier molecular flexibility index (Phi) is 4.67. The summed E-state index contributed by atoms with van der Waals surface area (Å²) in [4.78, 5) is 27.7. The number of hydrogen-bond donors (Lipinski definition) is 1. The fourth-order valence-corrected chi connectivity index (χ4v) is 2.79. The predicted octanol–water partition coefficient (Wildman–Crippen LogP) is 4.18. The van der Waals surface area contributed by atoms with Crippen molar-refractivity contribution in [3.8, 4) is 0 Å². The number of esters is 1. The first-order valence-electron chi connectivity index (χ1n) is 7.59. The van der Waals surface area contributed by atoms with E-state index in [0.29, 0.717) is 16.1 Å². The Morgan fingerprint density at radius 3 is 2.62 bits per heavy atom. The molecule has 0 spiro atoms. The summed E-state index contributed by atoms with van der Waals surface area (Å²) in [5.74, 6) is -0.719. The number of Topliss-reactive ketones (excluding diaryl/α,β-unsaturated/α-hetero) is 1. The van der Waals surface area contributed by atoms with Crippen LogP contribution in [0.5, 0.6) is 0 Å². The normalized spacial score (nSPS) is 12.1. The van der Waals surface area contributed by atoms with Crippen molar-refractivity contribution in [1.29, 1.82) is 0 Å². The first kappa shape index (κ1) is 16.3. The highest BCUT2D eigenvalue weighted by atomic mass is 35.5. The third-order valence-corrected chi connectivity index (χ3v) is 4.19. The Balaban J connectivity index is 1.70. The monoisotopic (exact) mass is 341 g/mol. The van der Waals surface area contributed by atoms with Gasteiger partial charge in [0.2, 0.25) is 5.78 Å². The zero-order valence-corrected chi connectivity index (χ0v) is 13.8. The summed E-state index contributed by atoms with van der Waals surface area (Å²) in [6, 6.07) is 14.6. The summed E-state index contributed by atoms with van der Waals surface area (Å²) in [7, 11) is 0. The fourth-order valence-electron chi connectivity index (χ4n) is 2.58. The van der Waals surface area contributed by atoms with Gasteiger partial charge in [-0.2, -0.15) is 0 Å². The summed E-state index contributed by atoms with van der Waals surface area (Å²) < 4.78 is 5.28. The lowest BCUT2D eigenvalue weighted by Gasteiger charge is -2.12. The Labute approximate surface area is 144 Å². The van der Waals surface area contributed by atoms with E-state index < -0.39 is 12.1 Å². The highest BCUT2D eigenvalue weighted by Gasteiger charge is 2.22. The number of benzene rings is 2. The van der Waals surface area contributed by atoms with Crippen molar-refractivity contribution in [3.05, 3.63) is 70.9 Å². The number of carbonyl (C=O) groups excluding carboxylic acids is 2. The van der Waals surface area contributed by atoms with Crippen LogP contribution in [0.25, 0.3) is 10.9 Å². The van der Waals surface area contributed by atoms with Crippen LogP contribution in [0.4, 0.5) is 0 Å². The molecule has 1 aromatic heterocycles. The van der Waals surface area contributed by atoms with Crippen LogP contribution in [0.1, 0.15) is 22.8 Å². The van der Waals surface area contributed by atoms with Crippen molar-refractivity contribution >= 4 is 34.3 Å². The van der Waals surface area contributed by atoms with Gasteiger partial charge in [0.25, 0.3) is 0 Å². The number of nitrogens with one attached hydrogen (secondary N) is 1. The van der Waals surface area contributed by atoms with Crippen molar-refractivity contribution in [2.45, 2.75) is 19.4 Å². The average molecular weight is 342 g/mol. The molecule has 4 nitrogen and oxygen atoms in total. The van der Waals surface area contributed by atoms with Gasteiger partial charge >= 0.3 is 5.97 Å². The SMILES string of the molecule is CC(OC(=O)Cc1ccccc1Cl)C(=O)c1c[nH]c2ccccc12. The molecule has 3 aromatic rings. The second-order valence-corrected chi connectivity index (χ2v) is 5.92. The van der Waals surface area contributed by atoms with Crippen molar-refractivity contribution in [3.63, 3.8) is 0 Å². The van der Waals surface area contributed by atoms with Crippen molar-refractivity contribution in [1.82, 2.24) is 4.98 Å². The Morgan fingerprint density at radius 2 is 1.83 bits per heavy atom. The first-order valence-corrected chi connectivity index (χ1v) is 7.97. The van der Waals surface area contributed by atoms with Crippen molar-refractivity contribution in [2.75, 3.05) is 0 Å². The van der Waals surface area contributed by atoms with Gasteiger partial charge in [0.15, 0.2) is 6.10 Å². The molecule has 1 unspecified atom stereocenters. The van der Waals surface area contributed by atoms with Crippen molar-refractivity contribution in [2.24, 2.45) is 0 Å². The topological polar surface area (TPSA) is 59.2 Å². The van der Waals surface area contributed by atoms with Crippen LogP contribution < -0.4 is 0 Å². The second kappa shape index (κ2) is 6.89. The summed E-state index contributed by atoms with van der Waals surface area (Å²) >= 11 is 6.04. The van der Waals surface area contributed by atoms with Crippen LogP contribution in [0.3, 0.4) is 0 Å². The third kappa shape index (κ3) is 3.34. The number of aromatic amines is 1. The molecule has 0 aliphatic carbocycles. The Bertz CT molecular complexity index is 900. The van der Waals surface area contributed by atoms with Gasteiger partial charge in [-0.1, -0.05) is 48.0 Å². The van der Waals surface area contributed by atoms with Crippen LogP contribution in [0, 0.1) is 0 Å².